The van der Waals surface area contributed by atoms with E-state index < -0.39 is 19.4 Å². The molecule has 1 rings (SSSR count). The van der Waals surface area contributed by atoms with Gasteiger partial charge in [0.25, 0.3) is 0 Å². The van der Waals surface area contributed by atoms with Gasteiger partial charge < -0.3 is 23.1 Å². The second-order valence-electron chi connectivity index (χ2n) is 7.06. The van der Waals surface area contributed by atoms with Gasteiger partial charge in [0.1, 0.15) is 0 Å². The number of ether oxygens (including phenoxy) is 1. The molecule has 7 nitrogen and oxygen atoms in total. The largest absolute Gasteiger partial charge is 0.457 e. The van der Waals surface area contributed by atoms with E-state index in [0.29, 0.717) is 19.2 Å². The number of rotatable bonds is 10. The van der Waals surface area contributed by atoms with E-state index in [1.54, 1.807) is 13.8 Å². The second-order valence-corrected chi connectivity index (χ2v) is 9.23. The van der Waals surface area contributed by atoms with Crippen LogP contribution in [-0.4, -0.2) is 43.3 Å². The van der Waals surface area contributed by atoms with Crippen LogP contribution in [0.3, 0.4) is 0 Å². The third-order valence-electron chi connectivity index (χ3n) is 4.47. The molecule has 0 N–H and O–H groups in total. The van der Waals surface area contributed by atoms with E-state index >= 15 is 0 Å². The topological polar surface area (TPSA) is 80.3 Å². The van der Waals surface area contributed by atoms with Crippen molar-refractivity contribution in [2.45, 2.75) is 84.7 Å². The smallest absolute Gasteiger partial charge is 0.450 e. The number of esters is 1. The fourth-order valence-corrected chi connectivity index (χ4v) is 4.48. The van der Waals surface area contributed by atoms with E-state index in [0.717, 1.165) is 0 Å². The van der Waals surface area contributed by atoms with Gasteiger partial charge in [-0.1, -0.05) is 6.42 Å². The Bertz CT molecular complexity index is 469. The lowest BCUT2D eigenvalue weighted by molar-refractivity contribution is -0.144. The molecule has 1 aliphatic heterocycles. The fraction of sp³-hybridized carbons (Fsp3) is 0.938. The van der Waals surface area contributed by atoms with Gasteiger partial charge in [-0.2, -0.15) is 0 Å². The molecule has 0 saturated carbocycles. The highest BCUT2D eigenvalue weighted by atomic mass is 31.2. The summed E-state index contributed by atoms with van der Waals surface area (Å²) in [6.07, 6.45) is 1.54. The standard InChI is InChI=1S/C16H32BO7P/c1-8-20-25(19,21-9-2)14(22-13(3)18)11-10-12-17-23-15(4,5)16(6,7)24-17/h14H,8-12H2,1-7H3. The van der Waals surface area contributed by atoms with Crippen LogP contribution in [0, 0.1) is 0 Å². The normalized spacial score (nSPS) is 20.5. The van der Waals surface area contributed by atoms with Crippen molar-refractivity contribution in [2.75, 3.05) is 13.2 Å². The van der Waals surface area contributed by atoms with Crippen LogP contribution in [-0.2, 0) is 32.5 Å². The molecule has 0 amide bonds. The zero-order chi connectivity index (χ0) is 19.3. The summed E-state index contributed by atoms with van der Waals surface area (Å²) in [4.78, 5) is 11.4. The molecule has 1 aliphatic rings. The Kier molecular flexibility index (Phi) is 8.15. The van der Waals surface area contributed by atoms with Gasteiger partial charge in [-0.05, 0) is 54.3 Å². The lowest BCUT2D eigenvalue weighted by Crippen LogP contribution is -2.41. The Morgan fingerprint density at radius 2 is 1.56 bits per heavy atom. The Labute approximate surface area is 151 Å². The highest BCUT2D eigenvalue weighted by molar-refractivity contribution is 7.54. The summed E-state index contributed by atoms with van der Waals surface area (Å²) in [7, 11) is -3.87. The molecule has 0 radical (unpaired) electrons. The van der Waals surface area contributed by atoms with Crippen molar-refractivity contribution in [3.05, 3.63) is 0 Å². The van der Waals surface area contributed by atoms with E-state index in [1.165, 1.54) is 6.92 Å². The minimum absolute atomic E-state index is 0.215. The Hall–Kier alpha value is -0.395. The van der Waals surface area contributed by atoms with Crippen molar-refractivity contribution >= 4 is 20.7 Å². The maximum Gasteiger partial charge on any atom is 0.457 e. The number of carbonyl (C=O) groups excluding carboxylic acids is 1. The molecule has 0 aromatic heterocycles. The highest BCUT2D eigenvalue weighted by Gasteiger charge is 2.50. The molecule has 1 saturated heterocycles. The first kappa shape index (κ1) is 22.6. The van der Waals surface area contributed by atoms with Gasteiger partial charge in [-0.15, -0.1) is 0 Å². The van der Waals surface area contributed by atoms with E-state index in [-0.39, 0.29) is 31.5 Å². The van der Waals surface area contributed by atoms with Gasteiger partial charge in [0.05, 0.1) is 24.4 Å². The van der Waals surface area contributed by atoms with Crippen LogP contribution >= 0.6 is 7.60 Å². The predicted molar refractivity (Wildman–Crippen MR) is 96.5 cm³/mol. The van der Waals surface area contributed by atoms with Gasteiger partial charge >= 0.3 is 20.7 Å². The van der Waals surface area contributed by atoms with E-state index in [9.17, 15) is 9.36 Å². The average Bonchev–Trinajstić information content (AvgIpc) is 2.65. The first-order chi connectivity index (χ1) is 11.5. The zero-order valence-electron chi connectivity index (χ0n) is 16.5. The zero-order valence-corrected chi connectivity index (χ0v) is 17.4. The van der Waals surface area contributed by atoms with E-state index in [4.69, 9.17) is 23.1 Å². The van der Waals surface area contributed by atoms with Crippen molar-refractivity contribution in [1.82, 2.24) is 0 Å². The molecule has 0 aromatic carbocycles. The molecular formula is C16H32BO7P. The van der Waals surface area contributed by atoms with Gasteiger partial charge in [0.2, 0.25) is 5.85 Å². The molecule has 9 heteroatoms. The van der Waals surface area contributed by atoms with Crippen molar-refractivity contribution in [3.63, 3.8) is 0 Å². The summed E-state index contributed by atoms with van der Waals surface area (Å²) >= 11 is 0. The quantitative estimate of drug-likeness (QED) is 0.323. The molecule has 25 heavy (non-hydrogen) atoms. The summed E-state index contributed by atoms with van der Waals surface area (Å²) in [5.41, 5.74) is -0.780. The van der Waals surface area contributed by atoms with Gasteiger partial charge in [-0.25, -0.2) is 0 Å². The van der Waals surface area contributed by atoms with Crippen LogP contribution in [0.25, 0.3) is 0 Å². The average molecular weight is 378 g/mol. The highest BCUT2D eigenvalue weighted by Crippen LogP contribution is 2.55. The van der Waals surface area contributed by atoms with Gasteiger partial charge in [0, 0.05) is 6.92 Å². The lowest BCUT2D eigenvalue weighted by Gasteiger charge is -2.32. The number of hydrogen-bond acceptors (Lipinski definition) is 7. The van der Waals surface area contributed by atoms with Gasteiger partial charge in [-0.3, -0.25) is 9.36 Å². The minimum atomic E-state index is -3.52. The molecule has 1 heterocycles. The molecule has 0 aromatic rings. The molecule has 1 fully saturated rings. The molecule has 1 unspecified atom stereocenters. The Morgan fingerprint density at radius 3 is 1.96 bits per heavy atom. The number of hydrogen-bond donors (Lipinski definition) is 0. The molecule has 1 atom stereocenters. The first-order valence-corrected chi connectivity index (χ1v) is 10.5. The van der Waals surface area contributed by atoms with Gasteiger partial charge in [0.15, 0.2) is 0 Å². The molecule has 0 bridgehead atoms. The summed E-state index contributed by atoms with van der Waals surface area (Å²) in [6, 6.07) is 0. The van der Waals surface area contributed by atoms with Crippen LogP contribution in [0.2, 0.25) is 6.32 Å². The van der Waals surface area contributed by atoms with Crippen LogP contribution in [0.1, 0.15) is 61.3 Å². The fourth-order valence-electron chi connectivity index (χ4n) is 2.58. The second kappa shape index (κ2) is 9.00. The van der Waals surface area contributed by atoms with Crippen LogP contribution in [0.15, 0.2) is 0 Å². The van der Waals surface area contributed by atoms with E-state index in [1.807, 2.05) is 27.7 Å². The van der Waals surface area contributed by atoms with Crippen LogP contribution in [0.4, 0.5) is 0 Å². The molecule has 0 spiro atoms. The summed E-state index contributed by atoms with van der Waals surface area (Å²) in [5.74, 6) is -1.44. The Morgan fingerprint density at radius 1 is 1.08 bits per heavy atom. The summed E-state index contributed by atoms with van der Waals surface area (Å²) in [5, 5.41) is 0. The van der Waals surface area contributed by atoms with Crippen molar-refractivity contribution in [2.24, 2.45) is 0 Å². The maximum absolute atomic E-state index is 12.9. The molecular weight excluding hydrogens is 346 g/mol. The predicted octanol–water partition coefficient (Wildman–Crippen LogP) is 4.01. The van der Waals surface area contributed by atoms with Crippen molar-refractivity contribution < 1.29 is 32.5 Å². The lowest BCUT2D eigenvalue weighted by atomic mass is 9.82. The number of carbonyl (C=O) groups is 1. The van der Waals surface area contributed by atoms with E-state index in [2.05, 4.69) is 0 Å². The molecule has 146 valence electrons. The summed E-state index contributed by atoms with van der Waals surface area (Å²) in [6.45, 7) is 13.1. The van der Waals surface area contributed by atoms with Crippen molar-refractivity contribution in [1.29, 1.82) is 0 Å². The molecule has 0 aliphatic carbocycles. The third kappa shape index (κ3) is 6.07. The third-order valence-corrected chi connectivity index (χ3v) is 6.77. The maximum atomic E-state index is 12.9. The van der Waals surface area contributed by atoms with Crippen LogP contribution in [0.5, 0.6) is 0 Å². The Balaban J connectivity index is 2.68. The summed E-state index contributed by atoms with van der Waals surface area (Å²) < 4.78 is 40.7. The van der Waals surface area contributed by atoms with Crippen LogP contribution < -0.4 is 0 Å². The SMILES string of the molecule is CCOP(=O)(OCC)C(CCCB1OC(C)(C)C(C)(C)O1)OC(C)=O. The first-order valence-electron chi connectivity index (χ1n) is 8.89. The minimum Gasteiger partial charge on any atom is -0.450 e. The van der Waals surface area contributed by atoms with Crippen molar-refractivity contribution in [3.8, 4) is 0 Å². The monoisotopic (exact) mass is 378 g/mol.